The van der Waals surface area contributed by atoms with Gasteiger partial charge in [-0.1, -0.05) is 49.3 Å². The number of allylic oxidation sites excluding steroid dienone is 8. The second-order valence-electron chi connectivity index (χ2n) is 26.3. The summed E-state index contributed by atoms with van der Waals surface area (Å²) in [5, 5.41) is 22.8. The molecule has 8 aliphatic carbocycles. The fourth-order valence-corrected chi connectivity index (χ4v) is 17.8. The Morgan fingerprint density at radius 1 is 0.494 bits per heavy atom. The van der Waals surface area contributed by atoms with Crippen molar-refractivity contribution in [2.24, 2.45) is 34.5 Å². The van der Waals surface area contributed by atoms with Crippen LogP contribution in [0.5, 0.6) is 0 Å². The monoisotopic (exact) mass is 1200 g/mol. The molecule has 2 heterocycles. The number of benzene rings is 2. The van der Waals surface area contributed by atoms with Crippen molar-refractivity contribution in [3.63, 3.8) is 0 Å². The van der Waals surface area contributed by atoms with Crippen LogP contribution in [0.4, 0.5) is 43.9 Å². The first-order valence-electron chi connectivity index (χ1n) is 30.2. The van der Waals surface area contributed by atoms with Crippen molar-refractivity contribution < 1.29 is 78.1 Å². The fraction of sp³-hybridized carbons (Fsp3) is 0.615. The maximum Gasteiger partial charge on any atom is 0.456 e. The summed E-state index contributed by atoms with van der Waals surface area (Å²) < 4.78 is 143. The molecule has 85 heavy (non-hydrogen) atoms. The van der Waals surface area contributed by atoms with E-state index in [1.165, 1.54) is 20.8 Å². The smallest absolute Gasteiger partial charge is 0.383 e. The molecule has 0 bridgehead atoms. The van der Waals surface area contributed by atoms with E-state index in [9.17, 15) is 60.5 Å². The highest BCUT2D eigenvalue weighted by Crippen LogP contribution is 2.72. The van der Waals surface area contributed by atoms with Crippen LogP contribution in [-0.2, 0) is 14.4 Å². The predicted molar refractivity (Wildman–Crippen MR) is 293 cm³/mol. The third-order valence-corrected chi connectivity index (χ3v) is 22.3. The van der Waals surface area contributed by atoms with Crippen molar-refractivity contribution in [1.29, 1.82) is 0 Å². The minimum atomic E-state index is -5.90. The number of aliphatic hydroxyl groups is 2. The van der Waals surface area contributed by atoms with Gasteiger partial charge in [0.25, 0.3) is 11.8 Å². The topological polar surface area (TPSA) is 136 Å². The first kappa shape index (κ1) is 61.0. The molecule has 2 N–H and O–H groups in total. The second-order valence-corrected chi connectivity index (χ2v) is 26.3. The van der Waals surface area contributed by atoms with Crippen LogP contribution in [0.1, 0.15) is 174 Å². The van der Waals surface area contributed by atoms with E-state index in [2.05, 4.69) is 0 Å². The van der Waals surface area contributed by atoms with Crippen molar-refractivity contribution in [2.75, 3.05) is 39.3 Å². The van der Waals surface area contributed by atoms with Gasteiger partial charge in [-0.15, -0.1) is 0 Å². The normalized spacial score (nSPS) is 33.3. The first-order valence-corrected chi connectivity index (χ1v) is 30.2. The van der Waals surface area contributed by atoms with Crippen LogP contribution < -0.4 is 0 Å². The molecule has 6 fully saturated rings. The Hall–Kier alpha value is -5.63. The summed E-state index contributed by atoms with van der Waals surface area (Å²) in [5.74, 6) is -13.6. The molecule has 0 unspecified atom stereocenters. The zero-order valence-corrected chi connectivity index (χ0v) is 48.1. The number of piperazine rings is 1. The van der Waals surface area contributed by atoms with E-state index >= 15 is 17.6 Å². The molecule has 0 radical (unpaired) electrons. The van der Waals surface area contributed by atoms with Crippen molar-refractivity contribution in [1.82, 2.24) is 14.7 Å². The lowest BCUT2D eigenvalue weighted by Crippen LogP contribution is -2.65. The second kappa shape index (κ2) is 21.6. The molecular formula is C65H73F10N3O7. The van der Waals surface area contributed by atoms with Gasteiger partial charge in [-0.25, -0.2) is 0 Å². The molecule has 10 nitrogen and oxygen atoms in total. The summed E-state index contributed by atoms with van der Waals surface area (Å²) in [4.78, 5) is 67.6. The van der Waals surface area contributed by atoms with E-state index in [0.717, 1.165) is 58.3 Å². The minimum absolute atomic E-state index is 0.0204. The molecule has 2 aliphatic heterocycles. The Morgan fingerprint density at radius 3 is 1.22 bits per heavy atom. The number of alkyl halides is 10. The number of carbonyl (C=O) groups excluding carboxylic acids is 5. The summed E-state index contributed by atoms with van der Waals surface area (Å²) in [7, 11) is 0. The van der Waals surface area contributed by atoms with E-state index in [-0.39, 0.29) is 66.8 Å². The van der Waals surface area contributed by atoms with E-state index in [0.29, 0.717) is 107 Å². The molecule has 460 valence electrons. The van der Waals surface area contributed by atoms with Crippen molar-refractivity contribution in [3.8, 4) is 0 Å². The summed E-state index contributed by atoms with van der Waals surface area (Å²) in [6.45, 7) is 7.34. The average molecular weight is 1200 g/mol. The van der Waals surface area contributed by atoms with Crippen LogP contribution in [0.2, 0.25) is 0 Å². The summed E-state index contributed by atoms with van der Waals surface area (Å²) in [5.41, 5.74) is -1.73. The molecule has 2 aromatic rings. The van der Waals surface area contributed by atoms with Gasteiger partial charge in [0.1, 0.15) is 11.2 Å². The standard InChI is InChI=1S/C33H37F5N2O4.C32H36F5NO3/c1-19(41)39-13-15-40(16-14-39)29(43)21-5-3-20(4-6-21)26-18-30(2)27(11-12-31(30,44)32(34,35)33(36,37)38)25-9-7-22-17-23(42)8-10-24(22)28(25)26;1-29-18-25(19-5-7-20(8-6-19)28(40)38-15-3-2-4-16-38)27-23-12-10-22(39)17-21(23)9-11-24(27)26(29)13-14-30(29,41)31(33,34)32(35,36)37/h3-6,17,25-27,44H,7-16,18H2,1-2H3;5-8,17,24-26,41H,2-4,9-16,18H2,1H3/t25-,26+,27-,30-,31-;24-,25+,26-,29-,30-/m00/s1. The third kappa shape index (κ3) is 9.76. The van der Waals surface area contributed by atoms with Gasteiger partial charge in [0, 0.05) is 92.8 Å². The number of likely N-dealkylation sites (tertiary alicyclic amines) is 1. The fourth-order valence-electron chi connectivity index (χ4n) is 17.8. The van der Waals surface area contributed by atoms with Crippen LogP contribution in [0, 0.1) is 34.5 Å². The molecular weight excluding hydrogens is 1120 g/mol. The van der Waals surface area contributed by atoms with Crippen molar-refractivity contribution >= 4 is 29.3 Å². The molecule has 3 amide bonds. The number of hydrogen-bond acceptors (Lipinski definition) is 7. The zero-order chi connectivity index (χ0) is 61.2. The van der Waals surface area contributed by atoms with Gasteiger partial charge in [-0.2, -0.15) is 43.9 Å². The Kier molecular flexibility index (Phi) is 15.5. The Balaban J connectivity index is 0.000000177. The lowest BCUT2D eigenvalue weighted by atomic mass is 9.50. The quantitative estimate of drug-likeness (QED) is 0.275. The third-order valence-electron chi connectivity index (χ3n) is 22.3. The number of carbonyl (C=O) groups is 5. The maximum atomic E-state index is 15.2. The SMILES string of the molecule is CC(=O)N1CCN(C(=O)c2ccc([C@H]3C[C@@]4(C)[C@@H](CC[C@@]4(O)C(F)(F)C(F)(F)F)[C@@H]4CCC5=CC(=O)CCC5=C43)cc2)CC1.C[C@]12C[C@H](c3ccc(C(=O)N4CCCCC4)cc3)C3=C4CCC(=O)C=C4CC[C@H]3[C@@H]1CC[C@@]2(O)C(F)(F)C(F)(F)F. The number of amides is 3. The van der Waals surface area contributed by atoms with E-state index < -0.39 is 82.7 Å². The van der Waals surface area contributed by atoms with Crippen LogP contribution in [0.25, 0.3) is 0 Å². The Morgan fingerprint density at radius 2 is 0.859 bits per heavy atom. The maximum absolute atomic E-state index is 15.2. The lowest BCUT2D eigenvalue weighted by molar-refractivity contribution is -0.362. The Bertz CT molecular complexity index is 3170. The molecule has 2 saturated heterocycles. The molecule has 10 aliphatic rings. The molecule has 2 aromatic carbocycles. The zero-order valence-electron chi connectivity index (χ0n) is 48.1. The largest absolute Gasteiger partial charge is 0.456 e. The lowest BCUT2D eigenvalue weighted by Gasteiger charge is -2.56. The van der Waals surface area contributed by atoms with Crippen molar-refractivity contribution in [2.45, 2.75) is 177 Å². The first-order chi connectivity index (χ1) is 39.9. The average Bonchev–Trinajstić information content (AvgIpc) is 1.67. The van der Waals surface area contributed by atoms with Gasteiger partial charge < -0.3 is 24.9 Å². The number of fused-ring (bicyclic) bond motifs is 8. The van der Waals surface area contributed by atoms with Crippen LogP contribution >= 0.6 is 0 Å². The van der Waals surface area contributed by atoms with Crippen LogP contribution in [0.3, 0.4) is 0 Å². The predicted octanol–water partition coefficient (Wildman–Crippen LogP) is 13.0. The molecule has 0 aromatic heterocycles. The molecule has 12 rings (SSSR count). The highest BCUT2D eigenvalue weighted by molar-refractivity contribution is 5.96. The van der Waals surface area contributed by atoms with E-state index in [1.54, 1.807) is 70.5 Å². The molecule has 20 heteroatoms. The number of halogens is 10. The van der Waals surface area contributed by atoms with Gasteiger partial charge in [0.05, 0.1) is 0 Å². The highest BCUT2D eigenvalue weighted by Gasteiger charge is 2.80. The molecule has 4 saturated carbocycles. The summed E-state index contributed by atoms with van der Waals surface area (Å²) in [6, 6.07) is 13.8. The van der Waals surface area contributed by atoms with Gasteiger partial charge in [0.2, 0.25) is 5.91 Å². The van der Waals surface area contributed by atoms with Crippen LogP contribution in [0.15, 0.2) is 94.1 Å². The van der Waals surface area contributed by atoms with Gasteiger partial charge in [0.15, 0.2) is 11.6 Å². The van der Waals surface area contributed by atoms with E-state index in [4.69, 9.17) is 0 Å². The van der Waals surface area contributed by atoms with Gasteiger partial charge >= 0.3 is 24.2 Å². The Labute approximate surface area is 487 Å². The van der Waals surface area contributed by atoms with Gasteiger partial charge in [-0.05, 0) is 190 Å². The summed E-state index contributed by atoms with van der Waals surface area (Å²) in [6.07, 6.45) is -3.04. The number of ketones is 2. The number of piperidine rings is 1. The van der Waals surface area contributed by atoms with Crippen molar-refractivity contribution in [3.05, 3.63) is 116 Å². The minimum Gasteiger partial charge on any atom is -0.383 e. The highest BCUT2D eigenvalue weighted by atomic mass is 19.4. The molecule has 0 spiro atoms. The molecule has 10 atom stereocenters. The van der Waals surface area contributed by atoms with Crippen LogP contribution in [-0.4, -0.2) is 129 Å². The number of rotatable bonds is 6. The van der Waals surface area contributed by atoms with E-state index in [1.807, 2.05) is 4.90 Å². The summed E-state index contributed by atoms with van der Waals surface area (Å²) >= 11 is 0. The number of hydrogen-bond donors (Lipinski definition) is 2. The number of nitrogens with zero attached hydrogens (tertiary/aromatic N) is 3. The van der Waals surface area contributed by atoms with Gasteiger partial charge in [-0.3, -0.25) is 24.0 Å².